The zero-order valence-corrected chi connectivity index (χ0v) is 13.3. The number of aryl methyl sites for hydroxylation is 2. The first-order chi connectivity index (χ1) is 13.2. The van der Waals surface area contributed by atoms with Gasteiger partial charge in [-0.15, -0.1) is 0 Å². The van der Waals surface area contributed by atoms with E-state index in [0.717, 1.165) is 16.3 Å². The lowest BCUT2D eigenvalue weighted by Gasteiger charge is -2.13. The van der Waals surface area contributed by atoms with E-state index in [1.165, 1.54) is 31.2 Å². The summed E-state index contributed by atoms with van der Waals surface area (Å²) in [6, 6.07) is 11.4. The van der Waals surface area contributed by atoms with Crippen molar-refractivity contribution in [2.75, 3.05) is 0 Å². The maximum atomic E-state index is 8.36. The maximum Gasteiger partial charge on any atom is 0.0840 e. The van der Waals surface area contributed by atoms with Gasteiger partial charge in [-0.05, 0) is 61.7 Å². The van der Waals surface area contributed by atoms with Gasteiger partial charge in [-0.1, -0.05) is 48.2 Å². The summed E-state index contributed by atoms with van der Waals surface area (Å²) in [5, 5.41) is 1.51. The Balaban J connectivity index is 1.93. The topological polar surface area (TPSA) is 12.9 Å². The van der Waals surface area contributed by atoms with Gasteiger partial charge in [0.05, 0.1) is 8.44 Å². The minimum atomic E-state index is -2.20. The molecule has 0 saturated heterocycles. The fourth-order valence-corrected chi connectivity index (χ4v) is 3.73. The van der Waals surface area contributed by atoms with Crippen molar-refractivity contribution < 1.29 is 6.85 Å². The van der Waals surface area contributed by atoms with Crippen LogP contribution in [0.5, 0.6) is 0 Å². The molecule has 0 radical (unpaired) electrons. The Hall–Kier alpha value is -2.15. The molecule has 0 bridgehead atoms. The van der Waals surface area contributed by atoms with Crippen LogP contribution in [0.2, 0.25) is 0 Å². The number of nitrogens with zero attached hydrogens (tertiary/aromatic N) is 1. The minimum Gasteiger partial charge on any atom is -0.256 e. The average Bonchev–Trinajstić information content (AvgIpc) is 3.18. The van der Waals surface area contributed by atoms with E-state index in [1.54, 1.807) is 12.1 Å². The van der Waals surface area contributed by atoms with E-state index in [-0.39, 0.29) is 17.8 Å². The number of fused-ring (bicyclic) bond motifs is 1. The highest BCUT2D eigenvalue weighted by Gasteiger charge is 2.17. The molecular formula is C22H23N. The van der Waals surface area contributed by atoms with Crippen LogP contribution in [0.3, 0.4) is 0 Å². The van der Waals surface area contributed by atoms with Crippen molar-refractivity contribution >= 4 is 10.8 Å². The Labute approximate surface area is 145 Å². The van der Waals surface area contributed by atoms with E-state index < -0.39 is 6.85 Å². The first kappa shape index (κ1) is 9.87. The zero-order valence-electron chi connectivity index (χ0n) is 18.3. The van der Waals surface area contributed by atoms with Gasteiger partial charge in [0.15, 0.2) is 0 Å². The lowest BCUT2D eigenvalue weighted by molar-refractivity contribution is 0.724. The van der Waals surface area contributed by atoms with Crippen LogP contribution >= 0.6 is 0 Å². The Morgan fingerprint density at radius 2 is 1.91 bits per heavy atom. The summed E-state index contributed by atoms with van der Waals surface area (Å²) >= 11 is 0. The van der Waals surface area contributed by atoms with Crippen molar-refractivity contribution in [2.24, 2.45) is 0 Å². The van der Waals surface area contributed by atoms with E-state index in [9.17, 15) is 0 Å². The van der Waals surface area contributed by atoms with Crippen LogP contribution in [-0.4, -0.2) is 4.98 Å². The van der Waals surface area contributed by atoms with Gasteiger partial charge in [0.25, 0.3) is 0 Å². The van der Waals surface area contributed by atoms with E-state index in [1.807, 2.05) is 25.1 Å². The number of hydrogen-bond donors (Lipinski definition) is 0. The predicted molar refractivity (Wildman–Crippen MR) is 97.9 cm³/mol. The molecule has 1 heterocycles. The summed E-state index contributed by atoms with van der Waals surface area (Å²) in [6.45, 7) is -0.342. The monoisotopic (exact) mass is 306 g/mol. The van der Waals surface area contributed by atoms with E-state index in [0.29, 0.717) is 17.2 Å². The number of aromatic nitrogens is 1. The van der Waals surface area contributed by atoms with E-state index in [2.05, 4.69) is 11.1 Å². The van der Waals surface area contributed by atoms with Gasteiger partial charge in [-0.25, -0.2) is 0 Å². The average molecular weight is 306 g/mol. The third kappa shape index (κ3) is 2.76. The second kappa shape index (κ2) is 5.81. The second-order valence-electron chi connectivity index (χ2n) is 6.57. The molecule has 0 spiro atoms. The molecule has 1 saturated carbocycles. The Morgan fingerprint density at radius 1 is 1.09 bits per heavy atom. The minimum absolute atomic E-state index is 0.0805. The maximum absolute atomic E-state index is 8.36. The van der Waals surface area contributed by atoms with Gasteiger partial charge >= 0.3 is 0 Å². The standard InChI is InChI=1S/C22H23N/c1-15-11-16(2)13-20(12-15)22-21-8-7-18(17-5-3-4-6-17)14-19(21)9-10-23-22/h7-14,17H,3-6H2,1-2H3/i1D3,9D,10D. The summed E-state index contributed by atoms with van der Waals surface area (Å²) in [5.41, 5.74) is 3.58. The number of rotatable bonds is 2. The van der Waals surface area contributed by atoms with Crippen LogP contribution in [-0.2, 0) is 0 Å². The Bertz CT molecular complexity index is 1050. The summed E-state index contributed by atoms with van der Waals surface area (Å²) in [4.78, 5) is 4.36. The molecule has 1 aromatic heterocycles. The van der Waals surface area contributed by atoms with Gasteiger partial charge in [0.1, 0.15) is 0 Å². The molecule has 116 valence electrons. The number of benzene rings is 2. The molecule has 1 nitrogen and oxygen atoms in total. The lowest BCUT2D eigenvalue weighted by atomic mass is 9.93. The molecule has 1 heteroatoms. The normalized spacial score (nSPS) is 19.1. The second-order valence-corrected chi connectivity index (χ2v) is 6.57. The molecule has 23 heavy (non-hydrogen) atoms. The Morgan fingerprint density at radius 3 is 2.74 bits per heavy atom. The van der Waals surface area contributed by atoms with Crippen molar-refractivity contribution in [3.63, 3.8) is 0 Å². The van der Waals surface area contributed by atoms with Crippen molar-refractivity contribution in [2.45, 2.75) is 45.4 Å². The van der Waals surface area contributed by atoms with Crippen LogP contribution in [0.15, 0.2) is 48.6 Å². The summed E-state index contributed by atoms with van der Waals surface area (Å²) in [7, 11) is 0. The summed E-state index contributed by atoms with van der Waals surface area (Å²) in [5.74, 6) is 0.524. The van der Waals surface area contributed by atoms with Crippen LogP contribution < -0.4 is 0 Å². The Kier molecular flexibility index (Phi) is 2.49. The fourth-order valence-electron chi connectivity index (χ4n) is 3.73. The quantitative estimate of drug-likeness (QED) is 0.551. The van der Waals surface area contributed by atoms with Crippen LogP contribution in [0.25, 0.3) is 22.0 Å². The van der Waals surface area contributed by atoms with Crippen molar-refractivity contribution in [3.05, 3.63) is 65.3 Å². The van der Waals surface area contributed by atoms with Crippen molar-refractivity contribution in [1.29, 1.82) is 0 Å². The molecule has 3 aromatic rings. The first-order valence-corrected chi connectivity index (χ1v) is 8.27. The van der Waals surface area contributed by atoms with Crippen molar-refractivity contribution in [1.82, 2.24) is 4.98 Å². The van der Waals surface area contributed by atoms with Gasteiger partial charge in [-0.3, -0.25) is 4.98 Å². The molecule has 0 amide bonds. The lowest BCUT2D eigenvalue weighted by Crippen LogP contribution is -1.93. The molecule has 1 aliphatic rings. The molecule has 0 atom stereocenters. The third-order valence-corrected chi connectivity index (χ3v) is 4.83. The zero-order chi connectivity index (χ0) is 20.1. The highest BCUT2D eigenvalue weighted by molar-refractivity contribution is 5.95. The van der Waals surface area contributed by atoms with E-state index >= 15 is 0 Å². The van der Waals surface area contributed by atoms with Gasteiger partial charge in [-0.2, -0.15) is 0 Å². The smallest absolute Gasteiger partial charge is 0.0840 e. The van der Waals surface area contributed by atoms with Crippen LogP contribution in [0.1, 0.15) is 55.1 Å². The molecule has 0 N–H and O–H groups in total. The highest BCUT2D eigenvalue weighted by atomic mass is 14.7. The molecule has 2 aromatic carbocycles. The molecule has 1 fully saturated rings. The highest BCUT2D eigenvalue weighted by Crippen LogP contribution is 2.36. The molecule has 4 rings (SSSR count). The number of hydrogen-bond acceptors (Lipinski definition) is 1. The van der Waals surface area contributed by atoms with Crippen LogP contribution in [0, 0.1) is 13.8 Å². The molecular weight excluding hydrogens is 278 g/mol. The molecule has 0 aliphatic heterocycles. The van der Waals surface area contributed by atoms with Crippen molar-refractivity contribution in [3.8, 4) is 11.3 Å². The molecule has 0 unspecified atom stereocenters. The van der Waals surface area contributed by atoms with Crippen LogP contribution in [0.4, 0.5) is 0 Å². The SMILES string of the molecule is [2H]c1nc(-c2cc(C)cc(C([2H])([2H])[2H])c2)c2ccc(C3CCCC3)cc2c1[2H]. The fraction of sp³-hybridized carbons (Fsp3) is 0.318. The van der Waals surface area contributed by atoms with Gasteiger partial charge in [0, 0.05) is 21.2 Å². The van der Waals surface area contributed by atoms with Gasteiger partial charge < -0.3 is 0 Å². The number of pyridine rings is 1. The summed E-state index contributed by atoms with van der Waals surface area (Å²) < 4.78 is 39.8. The van der Waals surface area contributed by atoms with Gasteiger partial charge in [0.2, 0.25) is 0 Å². The first-order valence-electron chi connectivity index (χ1n) is 10.8. The largest absolute Gasteiger partial charge is 0.256 e. The molecule has 1 aliphatic carbocycles. The third-order valence-electron chi connectivity index (χ3n) is 4.83. The predicted octanol–water partition coefficient (Wildman–Crippen LogP) is 6.18. The van der Waals surface area contributed by atoms with E-state index in [4.69, 9.17) is 6.85 Å². The summed E-state index contributed by atoms with van der Waals surface area (Å²) in [6.07, 6.45) is 4.74.